The van der Waals surface area contributed by atoms with Gasteiger partial charge in [0.1, 0.15) is 10.7 Å². The molecule has 114 valence electrons. The smallest absolute Gasteiger partial charge is 0.267 e. The van der Waals surface area contributed by atoms with Crippen LogP contribution in [0, 0.1) is 0 Å². The lowest BCUT2D eigenvalue weighted by molar-refractivity contribution is 0.0382. The number of nitrogen functional groups attached to an aromatic ring is 1. The van der Waals surface area contributed by atoms with Crippen molar-refractivity contribution in [3.8, 4) is 0 Å². The molecule has 0 radical (unpaired) electrons. The molecule has 0 saturated heterocycles. The topological polar surface area (TPSA) is 101 Å². The molecule has 0 aliphatic rings. The Labute approximate surface area is 122 Å². The normalized spacial score (nSPS) is 12.2. The minimum Gasteiger partial charge on any atom is -0.389 e. The fraction of sp³-hybridized carbons (Fsp3) is 0.667. The van der Waals surface area contributed by atoms with E-state index in [1.807, 2.05) is 6.92 Å². The van der Waals surface area contributed by atoms with Crippen LogP contribution in [0.25, 0.3) is 0 Å². The molecule has 1 unspecified atom stereocenters. The van der Waals surface area contributed by atoms with Gasteiger partial charge in [-0.05, 0) is 6.42 Å². The van der Waals surface area contributed by atoms with Gasteiger partial charge in [0.05, 0.1) is 12.7 Å². The summed E-state index contributed by atoms with van der Waals surface area (Å²) in [7, 11) is 3.11. The fourth-order valence-corrected chi connectivity index (χ4v) is 2.52. The molecule has 4 N–H and O–H groups in total. The maximum atomic E-state index is 12.2. The van der Waals surface area contributed by atoms with Crippen LogP contribution in [0.3, 0.4) is 0 Å². The Hall–Kier alpha value is -1.38. The van der Waals surface area contributed by atoms with Crippen LogP contribution in [0.5, 0.6) is 0 Å². The van der Waals surface area contributed by atoms with E-state index in [1.54, 1.807) is 7.05 Å². The number of nitrogens with zero attached hydrogens (tertiary/aromatic N) is 2. The first-order valence-electron chi connectivity index (χ1n) is 6.42. The molecule has 1 atom stereocenters. The van der Waals surface area contributed by atoms with Gasteiger partial charge in [0.2, 0.25) is 0 Å². The zero-order chi connectivity index (χ0) is 15.1. The number of nitrogens with two attached hydrogens (primary N) is 1. The van der Waals surface area contributed by atoms with Crippen LogP contribution in [0.1, 0.15) is 23.0 Å². The number of rotatable bonds is 8. The lowest BCUT2D eigenvalue weighted by Gasteiger charge is -2.19. The Bertz CT molecular complexity index is 438. The second-order valence-corrected chi connectivity index (χ2v) is 5.45. The van der Waals surface area contributed by atoms with Crippen molar-refractivity contribution < 1.29 is 14.6 Å². The number of aromatic nitrogens is 1. The minimum absolute atomic E-state index is 0.180. The molecule has 1 amide bonds. The average Bonchev–Trinajstić information content (AvgIpc) is 2.76. The molecule has 0 aliphatic heterocycles. The summed E-state index contributed by atoms with van der Waals surface area (Å²) in [5.41, 5.74) is 5.77. The van der Waals surface area contributed by atoms with E-state index < -0.39 is 6.10 Å². The number of anilines is 2. The van der Waals surface area contributed by atoms with Gasteiger partial charge < -0.3 is 25.8 Å². The predicted octanol–water partition coefficient (Wildman–Crippen LogP) is 0.626. The first-order valence-corrected chi connectivity index (χ1v) is 7.23. The van der Waals surface area contributed by atoms with Gasteiger partial charge >= 0.3 is 0 Å². The Morgan fingerprint density at radius 1 is 1.65 bits per heavy atom. The zero-order valence-electron chi connectivity index (χ0n) is 12.0. The minimum atomic E-state index is -0.721. The van der Waals surface area contributed by atoms with E-state index in [0.717, 1.165) is 13.0 Å². The standard InChI is InChI=1S/C12H22N4O3S/c1-4-5-14-12-15-10(13)9(20-12)11(18)16(2)6-8(17)7-19-3/h8,17H,4-7,13H2,1-3H3,(H,14,15). The number of aliphatic hydroxyl groups is 1. The van der Waals surface area contributed by atoms with E-state index in [-0.39, 0.29) is 24.9 Å². The summed E-state index contributed by atoms with van der Waals surface area (Å²) >= 11 is 1.23. The van der Waals surface area contributed by atoms with Gasteiger partial charge in [-0.3, -0.25) is 4.79 Å². The number of nitrogens with one attached hydrogen (secondary N) is 1. The molecule has 0 bridgehead atoms. The van der Waals surface area contributed by atoms with Gasteiger partial charge in [-0.15, -0.1) is 0 Å². The van der Waals surface area contributed by atoms with E-state index in [1.165, 1.54) is 23.3 Å². The Kier molecular flexibility index (Phi) is 6.69. The second kappa shape index (κ2) is 8.03. The summed E-state index contributed by atoms with van der Waals surface area (Å²) in [6, 6.07) is 0. The number of amides is 1. The van der Waals surface area contributed by atoms with Crippen molar-refractivity contribution in [2.45, 2.75) is 19.4 Å². The molecule has 1 heterocycles. The predicted molar refractivity (Wildman–Crippen MR) is 80.2 cm³/mol. The van der Waals surface area contributed by atoms with Crippen LogP contribution in [-0.4, -0.2) is 60.9 Å². The molecule has 1 aromatic heterocycles. The maximum Gasteiger partial charge on any atom is 0.267 e. The molecule has 7 nitrogen and oxygen atoms in total. The summed E-state index contributed by atoms with van der Waals surface area (Å²) < 4.78 is 4.83. The molecule has 0 spiro atoms. The first-order chi connectivity index (χ1) is 9.49. The van der Waals surface area contributed by atoms with Crippen molar-refractivity contribution in [2.24, 2.45) is 0 Å². The molecule has 20 heavy (non-hydrogen) atoms. The lowest BCUT2D eigenvalue weighted by atomic mass is 10.3. The highest BCUT2D eigenvalue weighted by Crippen LogP contribution is 2.26. The third-order valence-electron chi connectivity index (χ3n) is 2.56. The van der Waals surface area contributed by atoms with E-state index in [4.69, 9.17) is 10.5 Å². The summed E-state index contributed by atoms with van der Waals surface area (Å²) in [5, 5.41) is 13.4. The number of ether oxygens (including phenoxy) is 1. The van der Waals surface area contributed by atoms with Crippen molar-refractivity contribution in [1.82, 2.24) is 9.88 Å². The molecule has 0 aromatic carbocycles. The molecule has 0 saturated carbocycles. The number of aliphatic hydroxyl groups excluding tert-OH is 1. The average molecular weight is 302 g/mol. The molecule has 1 rings (SSSR count). The van der Waals surface area contributed by atoms with E-state index in [0.29, 0.717) is 10.0 Å². The van der Waals surface area contributed by atoms with Gasteiger partial charge in [0.15, 0.2) is 5.13 Å². The van der Waals surface area contributed by atoms with Crippen molar-refractivity contribution in [2.75, 3.05) is 44.9 Å². The van der Waals surface area contributed by atoms with Crippen molar-refractivity contribution in [1.29, 1.82) is 0 Å². The monoisotopic (exact) mass is 302 g/mol. The number of hydrogen-bond donors (Lipinski definition) is 3. The molecule has 0 fully saturated rings. The van der Waals surface area contributed by atoms with Crippen LogP contribution in [-0.2, 0) is 4.74 Å². The van der Waals surface area contributed by atoms with Crippen LogP contribution in [0.2, 0.25) is 0 Å². The SMILES string of the molecule is CCCNc1nc(N)c(C(=O)N(C)CC(O)COC)s1. The molecular formula is C12H22N4O3S. The Morgan fingerprint density at radius 3 is 2.95 bits per heavy atom. The van der Waals surface area contributed by atoms with Crippen molar-refractivity contribution >= 4 is 28.2 Å². The van der Waals surface area contributed by atoms with Gasteiger partial charge in [-0.2, -0.15) is 0 Å². The highest BCUT2D eigenvalue weighted by molar-refractivity contribution is 7.18. The van der Waals surface area contributed by atoms with Crippen molar-refractivity contribution in [3.63, 3.8) is 0 Å². The maximum absolute atomic E-state index is 12.2. The summed E-state index contributed by atoms with van der Waals surface area (Å²) in [6.07, 6.45) is 0.243. The summed E-state index contributed by atoms with van der Waals surface area (Å²) in [4.78, 5) is 18.1. The number of methoxy groups -OCH3 is 1. The van der Waals surface area contributed by atoms with Crippen LogP contribution >= 0.6 is 11.3 Å². The van der Waals surface area contributed by atoms with E-state index in [2.05, 4.69) is 10.3 Å². The largest absolute Gasteiger partial charge is 0.389 e. The van der Waals surface area contributed by atoms with E-state index in [9.17, 15) is 9.90 Å². The molecule has 1 aromatic rings. The molecule has 8 heteroatoms. The first kappa shape index (κ1) is 16.7. The van der Waals surface area contributed by atoms with Gasteiger partial charge in [-0.1, -0.05) is 18.3 Å². The highest BCUT2D eigenvalue weighted by Gasteiger charge is 2.21. The highest BCUT2D eigenvalue weighted by atomic mass is 32.1. The van der Waals surface area contributed by atoms with Gasteiger partial charge in [-0.25, -0.2) is 4.98 Å². The quantitative estimate of drug-likeness (QED) is 0.651. The number of carbonyl (C=O) groups excluding carboxylic acids is 1. The second-order valence-electron chi connectivity index (χ2n) is 4.45. The summed E-state index contributed by atoms with van der Waals surface area (Å²) in [5.74, 6) is -0.0358. The summed E-state index contributed by atoms with van der Waals surface area (Å²) in [6.45, 7) is 3.19. The Balaban J connectivity index is 2.68. The number of likely N-dealkylation sites (N-methyl/N-ethyl adjacent to an activating group) is 1. The zero-order valence-corrected chi connectivity index (χ0v) is 12.9. The van der Waals surface area contributed by atoms with Gasteiger partial charge in [0.25, 0.3) is 5.91 Å². The van der Waals surface area contributed by atoms with Crippen molar-refractivity contribution in [3.05, 3.63) is 4.88 Å². The van der Waals surface area contributed by atoms with Crippen LogP contribution in [0.15, 0.2) is 0 Å². The third-order valence-corrected chi connectivity index (χ3v) is 3.58. The van der Waals surface area contributed by atoms with Crippen LogP contribution < -0.4 is 11.1 Å². The number of hydrogen-bond acceptors (Lipinski definition) is 7. The van der Waals surface area contributed by atoms with Gasteiger partial charge in [0, 0.05) is 27.2 Å². The lowest BCUT2D eigenvalue weighted by Crippen LogP contribution is -2.36. The fourth-order valence-electron chi connectivity index (χ4n) is 1.61. The molecule has 0 aliphatic carbocycles. The number of carbonyl (C=O) groups is 1. The third kappa shape index (κ3) is 4.62. The Morgan fingerprint density at radius 2 is 2.35 bits per heavy atom. The van der Waals surface area contributed by atoms with Crippen LogP contribution in [0.4, 0.5) is 10.9 Å². The molecular weight excluding hydrogens is 280 g/mol. The number of thiazole rings is 1. The van der Waals surface area contributed by atoms with E-state index >= 15 is 0 Å².